The van der Waals surface area contributed by atoms with Gasteiger partial charge < -0.3 is 10.4 Å². The van der Waals surface area contributed by atoms with Crippen LogP contribution in [0.25, 0.3) is 0 Å². The SMILES string of the molecule is CCC(C)(C)C(=O)Nc1cc(C#CCCO)ccc1C. The quantitative estimate of drug-likeness (QED) is 0.828. The van der Waals surface area contributed by atoms with Crippen molar-refractivity contribution in [2.75, 3.05) is 11.9 Å². The van der Waals surface area contributed by atoms with Crippen LogP contribution >= 0.6 is 0 Å². The lowest BCUT2D eigenvalue weighted by Gasteiger charge is -2.22. The Labute approximate surface area is 121 Å². The predicted molar refractivity (Wildman–Crippen MR) is 82.5 cm³/mol. The number of benzene rings is 1. The van der Waals surface area contributed by atoms with Crippen molar-refractivity contribution in [3.8, 4) is 11.8 Å². The highest BCUT2D eigenvalue weighted by Gasteiger charge is 2.25. The number of amides is 1. The van der Waals surface area contributed by atoms with Crippen LogP contribution in [0.15, 0.2) is 18.2 Å². The number of hydrogen-bond acceptors (Lipinski definition) is 2. The second kappa shape index (κ2) is 7.12. The normalized spacial score (nSPS) is 10.7. The first-order chi connectivity index (χ1) is 9.40. The van der Waals surface area contributed by atoms with Crippen LogP contribution in [0, 0.1) is 24.2 Å². The topological polar surface area (TPSA) is 49.3 Å². The van der Waals surface area contributed by atoms with E-state index in [0.717, 1.165) is 23.2 Å². The van der Waals surface area contributed by atoms with Crippen molar-refractivity contribution in [2.45, 2.75) is 40.5 Å². The lowest BCUT2D eigenvalue weighted by Crippen LogP contribution is -2.30. The van der Waals surface area contributed by atoms with Crippen molar-refractivity contribution in [1.29, 1.82) is 0 Å². The first kappa shape index (κ1) is 16.3. The highest BCUT2D eigenvalue weighted by atomic mass is 16.2. The fraction of sp³-hybridized carbons (Fsp3) is 0.471. The third-order valence-corrected chi connectivity index (χ3v) is 3.45. The van der Waals surface area contributed by atoms with Gasteiger partial charge in [0.1, 0.15) is 0 Å². The van der Waals surface area contributed by atoms with Gasteiger partial charge in [-0.3, -0.25) is 4.79 Å². The molecule has 0 bridgehead atoms. The number of nitrogens with one attached hydrogen (secondary N) is 1. The van der Waals surface area contributed by atoms with Gasteiger partial charge in [0, 0.05) is 23.1 Å². The lowest BCUT2D eigenvalue weighted by atomic mass is 9.89. The van der Waals surface area contributed by atoms with E-state index < -0.39 is 0 Å². The van der Waals surface area contributed by atoms with E-state index >= 15 is 0 Å². The van der Waals surface area contributed by atoms with E-state index in [1.54, 1.807) is 0 Å². The van der Waals surface area contributed by atoms with Gasteiger partial charge in [0.05, 0.1) is 6.61 Å². The van der Waals surface area contributed by atoms with Crippen LogP contribution in [0.3, 0.4) is 0 Å². The molecule has 0 saturated heterocycles. The molecule has 1 aromatic rings. The number of aliphatic hydroxyl groups is 1. The van der Waals surface area contributed by atoms with Gasteiger partial charge in [0.2, 0.25) is 5.91 Å². The molecule has 0 unspecified atom stereocenters. The maximum Gasteiger partial charge on any atom is 0.230 e. The van der Waals surface area contributed by atoms with E-state index in [1.165, 1.54) is 0 Å². The molecule has 20 heavy (non-hydrogen) atoms. The summed E-state index contributed by atoms with van der Waals surface area (Å²) in [5, 5.41) is 11.7. The smallest absolute Gasteiger partial charge is 0.230 e. The number of aryl methyl sites for hydroxylation is 1. The summed E-state index contributed by atoms with van der Waals surface area (Å²) in [6, 6.07) is 5.74. The Bertz CT molecular complexity index is 536. The Balaban J connectivity index is 2.93. The van der Waals surface area contributed by atoms with Crippen molar-refractivity contribution < 1.29 is 9.90 Å². The first-order valence-corrected chi connectivity index (χ1v) is 6.92. The van der Waals surface area contributed by atoms with Gasteiger partial charge in [-0.15, -0.1) is 0 Å². The number of rotatable bonds is 4. The molecule has 0 atom stereocenters. The number of hydrogen-bond donors (Lipinski definition) is 2. The molecular formula is C17H23NO2. The minimum absolute atomic E-state index is 0.0172. The molecule has 3 nitrogen and oxygen atoms in total. The molecule has 1 amide bonds. The minimum atomic E-state index is -0.384. The number of carbonyl (C=O) groups excluding carboxylic acids is 1. The molecule has 0 fully saturated rings. The van der Waals surface area contributed by atoms with Gasteiger partial charge in [0.25, 0.3) is 0 Å². The summed E-state index contributed by atoms with van der Waals surface area (Å²) in [6.07, 6.45) is 1.24. The molecular weight excluding hydrogens is 250 g/mol. The summed E-state index contributed by atoms with van der Waals surface area (Å²) in [5.74, 6) is 5.88. The summed E-state index contributed by atoms with van der Waals surface area (Å²) in [6.45, 7) is 7.89. The molecule has 0 radical (unpaired) electrons. The summed E-state index contributed by atoms with van der Waals surface area (Å²) < 4.78 is 0. The Morgan fingerprint density at radius 1 is 1.40 bits per heavy atom. The third-order valence-electron chi connectivity index (χ3n) is 3.45. The van der Waals surface area contributed by atoms with Crippen molar-refractivity contribution in [2.24, 2.45) is 5.41 Å². The monoisotopic (exact) mass is 273 g/mol. The zero-order valence-corrected chi connectivity index (χ0v) is 12.7. The van der Waals surface area contributed by atoms with E-state index in [0.29, 0.717) is 6.42 Å². The van der Waals surface area contributed by atoms with E-state index in [9.17, 15) is 4.79 Å². The fourth-order valence-electron chi connectivity index (χ4n) is 1.51. The van der Waals surface area contributed by atoms with Crippen LogP contribution in [-0.2, 0) is 4.79 Å². The zero-order valence-electron chi connectivity index (χ0n) is 12.7. The number of anilines is 1. The van der Waals surface area contributed by atoms with E-state index in [-0.39, 0.29) is 17.9 Å². The van der Waals surface area contributed by atoms with Crippen molar-refractivity contribution in [3.63, 3.8) is 0 Å². The Morgan fingerprint density at radius 3 is 2.70 bits per heavy atom. The van der Waals surface area contributed by atoms with Crippen LogP contribution in [0.1, 0.15) is 44.7 Å². The highest BCUT2D eigenvalue weighted by Crippen LogP contribution is 2.24. The van der Waals surface area contributed by atoms with Gasteiger partial charge in [-0.25, -0.2) is 0 Å². The molecule has 1 aromatic carbocycles. The molecule has 1 rings (SSSR count). The second-order valence-electron chi connectivity index (χ2n) is 5.50. The Kier molecular flexibility index (Phi) is 5.79. The predicted octanol–water partition coefficient (Wildman–Crippen LogP) is 3.10. The van der Waals surface area contributed by atoms with Gasteiger partial charge in [-0.1, -0.05) is 38.7 Å². The highest BCUT2D eigenvalue weighted by molar-refractivity contribution is 5.95. The molecule has 0 aliphatic rings. The fourth-order valence-corrected chi connectivity index (χ4v) is 1.51. The molecule has 0 heterocycles. The number of carbonyl (C=O) groups is 1. The molecule has 0 aliphatic carbocycles. The van der Waals surface area contributed by atoms with Crippen LogP contribution in [0.4, 0.5) is 5.69 Å². The number of aliphatic hydroxyl groups excluding tert-OH is 1. The molecule has 0 saturated carbocycles. The van der Waals surface area contributed by atoms with Gasteiger partial charge in [-0.2, -0.15) is 0 Å². The van der Waals surface area contributed by atoms with Gasteiger partial charge in [0.15, 0.2) is 0 Å². The molecule has 0 aromatic heterocycles. The third kappa shape index (κ3) is 4.40. The molecule has 0 aliphatic heterocycles. The molecule has 2 N–H and O–H groups in total. The van der Waals surface area contributed by atoms with E-state index in [2.05, 4.69) is 17.2 Å². The molecule has 0 spiro atoms. The maximum atomic E-state index is 12.2. The summed E-state index contributed by atoms with van der Waals surface area (Å²) >= 11 is 0. The average Bonchev–Trinajstić information content (AvgIpc) is 2.42. The largest absolute Gasteiger partial charge is 0.395 e. The van der Waals surface area contributed by atoms with Crippen LogP contribution in [0.5, 0.6) is 0 Å². The molecule has 108 valence electrons. The molecule has 3 heteroatoms. The van der Waals surface area contributed by atoms with Crippen LogP contribution in [-0.4, -0.2) is 17.6 Å². The van der Waals surface area contributed by atoms with Gasteiger partial charge in [-0.05, 0) is 31.0 Å². The average molecular weight is 273 g/mol. The Morgan fingerprint density at radius 2 is 2.10 bits per heavy atom. The first-order valence-electron chi connectivity index (χ1n) is 6.92. The minimum Gasteiger partial charge on any atom is -0.395 e. The zero-order chi connectivity index (χ0) is 15.2. The summed E-state index contributed by atoms with van der Waals surface area (Å²) in [5.41, 5.74) is 2.27. The van der Waals surface area contributed by atoms with Crippen LogP contribution in [0.2, 0.25) is 0 Å². The van der Waals surface area contributed by atoms with E-state index in [4.69, 9.17) is 5.11 Å². The van der Waals surface area contributed by atoms with Gasteiger partial charge >= 0.3 is 0 Å². The standard InChI is InChI=1S/C17H23NO2/c1-5-17(3,4)16(20)18-15-12-14(8-6-7-11-19)10-9-13(15)2/h9-10,12,19H,5,7,11H2,1-4H3,(H,18,20). The van der Waals surface area contributed by atoms with Crippen molar-refractivity contribution >= 4 is 11.6 Å². The van der Waals surface area contributed by atoms with Crippen molar-refractivity contribution in [1.82, 2.24) is 0 Å². The Hall–Kier alpha value is -1.79. The summed E-state index contributed by atoms with van der Waals surface area (Å²) in [4.78, 5) is 12.2. The summed E-state index contributed by atoms with van der Waals surface area (Å²) in [7, 11) is 0. The van der Waals surface area contributed by atoms with Crippen molar-refractivity contribution in [3.05, 3.63) is 29.3 Å². The maximum absolute atomic E-state index is 12.2. The second-order valence-corrected chi connectivity index (χ2v) is 5.50. The van der Waals surface area contributed by atoms with Crippen LogP contribution < -0.4 is 5.32 Å². The lowest BCUT2D eigenvalue weighted by molar-refractivity contribution is -0.124. The van der Waals surface area contributed by atoms with E-state index in [1.807, 2.05) is 45.9 Å².